The molecule has 0 unspecified atom stereocenters. The van der Waals surface area contributed by atoms with Gasteiger partial charge in [0.15, 0.2) is 0 Å². The SMILES string of the molecule is CCCCCN(C(=NC1CCCC1)NN)C(C)C. The van der Waals surface area contributed by atoms with Crippen LogP contribution in [0.4, 0.5) is 0 Å². The van der Waals surface area contributed by atoms with Gasteiger partial charge in [-0.2, -0.15) is 0 Å². The minimum Gasteiger partial charge on any atom is -0.339 e. The van der Waals surface area contributed by atoms with E-state index in [-0.39, 0.29) is 0 Å². The van der Waals surface area contributed by atoms with Gasteiger partial charge < -0.3 is 4.90 Å². The number of nitrogens with one attached hydrogen (secondary N) is 1. The number of unbranched alkanes of at least 4 members (excludes halogenated alkanes) is 2. The van der Waals surface area contributed by atoms with Crippen LogP contribution in [0.2, 0.25) is 0 Å². The molecule has 0 atom stereocenters. The van der Waals surface area contributed by atoms with Gasteiger partial charge in [0, 0.05) is 12.6 Å². The van der Waals surface area contributed by atoms with Crippen LogP contribution in [0.3, 0.4) is 0 Å². The lowest BCUT2D eigenvalue weighted by Crippen LogP contribution is -2.48. The second kappa shape index (κ2) is 8.35. The van der Waals surface area contributed by atoms with Gasteiger partial charge in [-0.05, 0) is 33.1 Å². The molecule has 4 heteroatoms. The molecule has 0 aromatic rings. The van der Waals surface area contributed by atoms with Crippen LogP contribution in [0.15, 0.2) is 4.99 Å². The van der Waals surface area contributed by atoms with Crippen LogP contribution >= 0.6 is 0 Å². The first-order chi connectivity index (χ1) is 8.69. The first kappa shape index (κ1) is 15.3. The van der Waals surface area contributed by atoms with Crippen molar-refractivity contribution in [1.82, 2.24) is 10.3 Å². The summed E-state index contributed by atoms with van der Waals surface area (Å²) >= 11 is 0. The van der Waals surface area contributed by atoms with Crippen molar-refractivity contribution in [2.45, 2.75) is 77.8 Å². The number of rotatable bonds is 6. The Morgan fingerprint density at radius 1 is 1.33 bits per heavy atom. The van der Waals surface area contributed by atoms with E-state index in [0.29, 0.717) is 12.1 Å². The predicted molar refractivity (Wildman–Crippen MR) is 78.4 cm³/mol. The van der Waals surface area contributed by atoms with Gasteiger partial charge in [-0.25, -0.2) is 10.8 Å². The fourth-order valence-corrected chi connectivity index (χ4v) is 2.54. The Morgan fingerprint density at radius 3 is 2.50 bits per heavy atom. The molecule has 1 saturated carbocycles. The summed E-state index contributed by atoms with van der Waals surface area (Å²) in [5.41, 5.74) is 2.81. The summed E-state index contributed by atoms with van der Waals surface area (Å²) in [6.45, 7) is 7.68. The molecule has 18 heavy (non-hydrogen) atoms. The van der Waals surface area contributed by atoms with Crippen molar-refractivity contribution in [3.05, 3.63) is 0 Å². The number of nitrogens with two attached hydrogens (primary N) is 1. The van der Waals surface area contributed by atoms with E-state index in [1.165, 1.54) is 44.9 Å². The molecule has 0 heterocycles. The lowest BCUT2D eigenvalue weighted by Gasteiger charge is -2.30. The Hall–Kier alpha value is -0.770. The molecule has 1 fully saturated rings. The van der Waals surface area contributed by atoms with Gasteiger partial charge in [0.05, 0.1) is 6.04 Å². The number of hydrogen-bond donors (Lipinski definition) is 2. The molecule has 0 aromatic carbocycles. The highest BCUT2D eigenvalue weighted by molar-refractivity contribution is 5.79. The summed E-state index contributed by atoms with van der Waals surface area (Å²) in [7, 11) is 0. The molecule has 1 rings (SSSR count). The highest BCUT2D eigenvalue weighted by Crippen LogP contribution is 2.21. The Kier molecular flexibility index (Phi) is 7.09. The van der Waals surface area contributed by atoms with E-state index in [9.17, 15) is 0 Å². The first-order valence-corrected chi connectivity index (χ1v) is 7.50. The third-order valence-corrected chi connectivity index (χ3v) is 3.66. The van der Waals surface area contributed by atoms with Gasteiger partial charge in [0.1, 0.15) is 0 Å². The molecule has 4 nitrogen and oxygen atoms in total. The predicted octanol–water partition coefficient (Wildman–Crippen LogP) is 2.65. The van der Waals surface area contributed by atoms with Crippen molar-refractivity contribution in [2.24, 2.45) is 10.8 Å². The molecule has 0 saturated heterocycles. The zero-order valence-electron chi connectivity index (χ0n) is 12.3. The van der Waals surface area contributed by atoms with Crippen molar-refractivity contribution in [3.8, 4) is 0 Å². The van der Waals surface area contributed by atoms with Gasteiger partial charge in [0.2, 0.25) is 5.96 Å². The number of hydrazine groups is 1. The monoisotopic (exact) mass is 254 g/mol. The van der Waals surface area contributed by atoms with E-state index in [1.807, 2.05) is 0 Å². The summed E-state index contributed by atoms with van der Waals surface area (Å²) < 4.78 is 0. The third-order valence-electron chi connectivity index (χ3n) is 3.66. The Bertz CT molecular complexity index is 244. The largest absolute Gasteiger partial charge is 0.339 e. The van der Waals surface area contributed by atoms with Crippen LogP contribution in [0.1, 0.15) is 65.7 Å². The van der Waals surface area contributed by atoms with Crippen LogP contribution in [0.5, 0.6) is 0 Å². The van der Waals surface area contributed by atoms with E-state index in [1.54, 1.807) is 0 Å². The maximum Gasteiger partial charge on any atom is 0.208 e. The van der Waals surface area contributed by atoms with Crippen molar-refractivity contribution in [1.29, 1.82) is 0 Å². The van der Waals surface area contributed by atoms with Crippen LogP contribution in [0, 0.1) is 0 Å². The minimum atomic E-state index is 0.443. The zero-order valence-corrected chi connectivity index (χ0v) is 12.3. The van der Waals surface area contributed by atoms with Gasteiger partial charge in [-0.3, -0.25) is 5.43 Å². The van der Waals surface area contributed by atoms with E-state index < -0.39 is 0 Å². The topological polar surface area (TPSA) is 53.6 Å². The lowest BCUT2D eigenvalue weighted by atomic mass is 10.2. The Labute approximate surface area is 112 Å². The summed E-state index contributed by atoms with van der Waals surface area (Å²) in [5, 5.41) is 0. The molecule has 1 aliphatic rings. The third kappa shape index (κ3) is 4.84. The molecule has 0 aromatic heterocycles. The molecule has 3 N–H and O–H groups in total. The molecule has 0 radical (unpaired) electrons. The van der Waals surface area contributed by atoms with Crippen LogP contribution < -0.4 is 11.3 Å². The maximum atomic E-state index is 5.67. The second-order valence-corrected chi connectivity index (χ2v) is 5.53. The van der Waals surface area contributed by atoms with Gasteiger partial charge in [-0.1, -0.05) is 32.6 Å². The van der Waals surface area contributed by atoms with Crippen molar-refractivity contribution in [3.63, 3.8) is 0 Å². The molecule has 0 aliphatic heterocycles. The average Bonchev–Trinajstić information content (AvgIpc) is 2.85. The van der Waals surface area contributed by atoms with Crippen LogP contribution in [-0.4, -0.2) is 29.5 Å². The minimum absolute atomic E-state index is 0.443. The highest BCUT2D eigenvalue weighted by atomic mass is 15.4. The number of hydrogen-bond acceptors (Lipinski definition) is 2. The average molecular weight is 254 g/mol. The van der Waals surface area contributed by atoms with E-state index in [4.69, 9.17) is 10.8 Å². The van der Waals surface area contributed by atoms with E-state index in [2.05, 4.69) is 31.1 Å². The molecule has 0 bridgehead atoms. The normalized spacial score (nSPS) is 17.5. The quantitative estimate of drug-likeness (QED) is 0.252. The summed E-state index contributed by atoms with van der Waals surface area (Å²) in [4.78, 5) is 7.10. The van der Waals surface area contributed by atoms with Crippen molar-refractivity contribution < 1.29 is 0 Å². The molecule has 0 spiro atoms. The Balaban J connectivity index is 2.60. The maximum absolute atomic E-state index is 5.67. The Morgan fingerprint density at radius 2 is 2.00 bits per heavy atom. The fraction of sp³-hybridized carbons (Fsp3) is 0.929. The summed E-state index contributed by atoms with van der Waals surface area (Å²) in [6.07, 6.45) is 8.77. The first-order valence-electron chi connectivity index (χ1n) is 7.50. The molecule has 106 valence electrons. The van der Waals surface area contributed by atoms with Crippen molar-refractivity contribution >= 4 is 5.96 Å². The lowest BCUT2D eigenvalue weighted by molar-refractivity contribution is 0.326. The van der Waals surface area contributed by atoms with E-state index >= 15 is 0 Å². The second-order valence-electron chi connectivity index (χ2n) is 5.53. The summed E-state index contributed by atoms with van der Waals surface area (Å²) in [6, 6.07) is 0.918. The zero-order chi connectivity index (χ0) is 13.4. The fourth-order valence-electron chi connectivity index (χ4n) is 2.54. The molecule has 1 aliphatic carbocycles. The number of aliphatic imine (C=N–C) groups is 1. The number of guanidine groups is 1. The number of nitrogens with zero attached hydrogens (tertiary/aromatic N) is 2. The van der Waals surface area contributed by atoms with Crippen LogP contribution in [0.25, 0.3) is 0 Å². The van der Waals surface area contributed by atoms with Gasteiger partial charge in [0.25, 0.3) is 0 Å². The van der Waals surface area contributed by atoms with Gasteiger partial charge in [-0.15, -0.1) is 0 Å². The smallest absolute Gasteiger partial charge is 0.208 e. The van der Waals surface area contributed by atoms with Gasteiger partial charge >= 0.3 is 0 Å². The van der Waals surface area contributed by atoms with E-state index in [0.717, 1.165) is 12.5 Å². The molecular weight excluding hydrogens is 224 g/mol. The van der Waals surface area contributed by atoms with Crippen molar-refractivity contribution in [2.75, 3.05) is 6.54 Å². The standard InChI is InChI=1S/C14H30N4/c1-4-5-8-11-18(12(2)3)14(17-15)16-13-9-6-7-10-13/h12-13H,4-11,15H2,1-3H3,(H,16,17). The van der Waals surface area contributed by atoms with Crippen LogP contribution in [-0.2, 0) is 0 Å². The highest BCUT2D eigenvalue weighted by Gasteiger charge is 2.18. The molecule has 0 amide bonds. The molecular formula is C14H30N4. The summed E-state index contributed by atoms with van der Waals surface area (Å²) in [5.74, 6) is 6.55.